The van der Waals surface area contributed by atoms with Crippen molar-refractivity contribution < 1.29 is 31.8 Å². The summed E-state index contributed by atoms with van der Waals surface area (Å²) in [6.45, 7) is 0.379. The molecule has 0 heterocycles. The van der Waals surface area contributed by atoms with Crippen LogP contribution in [0.1, 0.15) is 43.0 Å². The first kappa shape index (κ1) is 27.1. The molecule has 4 N–H and O–H groups in total. The van der Waals surface area contributed by atoms with Gasteiger partial charge in [-0.1, -0.05) is 23.7 Å². The van der Waals surface area contributed by atoms with Crippen LogP contribution in [0.25, 0.3) is 0 Å². The van der Waals surface area contributed by atoms with Gasteiger partial charge in [0.25, 0.3) is 10.0 Å². The number of aliphatic hydroxyl groups is 1. The van der Waals surface area contributed by atoms with Crippen molar-refractivity contribution in [3.8, 4) is 5.75 Å². The van der Waals surface area contributed by atoms with E-state index < -0.39 is 34.2 Å². The summed E-state index contributed by atoms with van der Waals surface area (Å²) in [5.41, 5.74) is 1.29. The van der Waals surface area contributed by atoms with E-state index in [0.29, 0.717) is 29.3 Å². The average molecular weight is 532 g/mol. The van der Waals surface area contributed by atoms with Crippen molar-refractivity contribution in [3.05, 3.63) is 58.6 Å². The molecule has 0 saturated heterocycles. The molecule has 12 heteroatoms. The average Bonchev–Trinajstić information content (AvgIpc) is 2.80. The second-order valence-corrected chi connectivity index (χ2v) is 10.5. The van der Waals surface area contributed by atoms with Gasteiger partial charge in [-0.2, -0.15) is 0 Å². The fourth-order valence-electron chi connectivity index (χ4n) is 3.80. The summed E-state index contributed by atoms with van der Waals surface area (Å²) in [5.74, 6) is -2.25. The highest BCUT2D eigenvalue weighted by Crippen LogP contribution is 2.33. The van der Waals surface area contributed by atoms with Crippen LogP contribution in [-0.2, 0) is 16.4 Å². The van der Waals surface area contributed by atoms with Crippen LogP contribution >= 0.6 is 11.6 Å². The van der Waals surface area contributed by atoms with Gasteiger partial charge in [-0.05, 0) is 55.2 Å². The minimum absolute atomic E-state index is 0.0853. The molecular weight excluding hydrogens is 504 g/mol. The molecule has 3 rings (SSSR count). The molecule has 192 valence electrons. The zero-order valence-corrected chi connectivity index (χ0v) is 20.6. The van der Waals surface area contributed by atoms with Crippen LogP contribution in [0.2, 0.25) is 5.02 Å². The molecule has 8 nitrogen and oxygen atoms in total. The predicted molar refractivity (Wildman–Crippen MR) is 127 cm³/mol. The van der Waals surface area contributed by atoms with E-state index in [2.05, 4.69) is 10.6 Å². The molecule has 2 amide bonds. The number of ether oxygens (including phenoxy) is 1. The number of sulfonamides is 1. The number of aliphatic hydroxyl groups excluding tert-OH is 1. The third kappa shape index (κ3) is 7.76. The van der Waals surface area contributed by atoms with Gasteiger partial charge in [0.2, 0.25) is 5.92 Å². The van der Waals surface area contributed by atoms with E-state index >= 15 is 0 Å². The SMILES string of the molecule is COc1ccc(Cl)cc1C(O)NCCc1ccc(S(=O)(=O)NC(=O)NC2CCC(F)(F)CC2)cc1. The van der Waals surface area contributed by atoms with E-state index in [1.165, 1.54) is 19.2 Å². The van der Waals surface area contributed by atoms with Crippen LogP contribution in [0, 0.1) is 0 Å². The molecule has 1 saturated carbocycles. The predicted octanol–water partition coefficient (Wildman–Crippen LogP) is 3.74. The largest absolute Gasteiger partial charge is 0.496 e. The third-order valence-corrected chi connectivity index (χ3v) is 7.33. The number of nitrogens with one attached hydrogen (secondary N) is 3. The van der Waals surface area contributed by atoms with Gasteiger partial charge in [0.05, 0.1) is 12.0 Å². The number of hydrogen-bond acceptors (Lipinski definition) is 6. The lowest BCUT2D eigenvalue weighted by Gasteiger charge is -2.28. The zero-order chi connectivity index (χ0) is 25.6. The topological polar surface area (TPSA) is 117 Å². The van der Waals surface area contributed by atoms with Gasteiger partial charge >= 0.3 is 6.03 Å². The maximum absolute atomic E-state index is 13.2. The molecule has 1 fully saturated rings. The van der Waals surface area contributed by atoms with Crippen LogP contribution in [0.5, 0.6) is 5.75 Å². The molecule has 1 atom stereocenters. The number of carbonyl (C=O) groups is 1. The first-order valence-electron chi connectivity index (χ1n) is 11.0. The summed E-state index contributed by atoms with van der Waals surface area (Å²) >= 11 is 5.99. The van der Waals surface area contributed by atoms with E-state index in [-0.39, 0.29) is 30.6 Å². The highest BCUT2D eigenvalue weighted by atomic mass is 35.5. The smallest absolute Gasteiger partial charge is 0.328 e. The lowest BCUT2D eigenvalue weighted by Crippen LogP contribution is -2.46. The van der Waals surface area contributed by atoms with Crippen LogP contribution < -0.4 is 20.1 Å². The lowest BCUT2D eigenvalue weighted by molar-refractivity contribution is -0.0395. The number of benzene rings is 2. The number of urea groups is 1. The maximum Gasteiger partial charge on any atom is 0.328 e. The summed E-state index contributed by atoms with van der Waals surface area (Å²) in [7, 11) is -2.63. The number of halogens is 3. The van der Waals surface area contributed by atoms with Crippen LogP contribution in [0.4, 0.5) is 13.6 Å². The van der Waals surface area contributed by atoms with E-state index in [9.17, 15) is 27.1 Å². The molecular formula is C23H28ClF2N3O5S. The normalized spacial score (nSPS) is 16.9. The molecule has 35 heavy (non-hydrogen) atoms. The van der Waals surface area contributed by atoms with Crippen LogP contribution in [0.15, 0.2) is 47.4 Å². The van der Waals surface area contributed by atoms with E-state index in [1.807, 2.05) is 4.72 Å². The summed E-state index contributed by atoms with van der Waals surface area (Å²) in [6.07, 6.45) is -1.04. The molecule has 0 aliphatic heterocycles. The molecule has 2 aromatic rings. The standard InChI is InChI=1S/C23H28ClF2N3O5S/c1-34-20-7-4-16(24)14-19(20)21(30)27-13-10-15-2-5-18(6-3-15)35(32,33)29-22(31)28-17-8-11-23(25,26)12-9-17/h2-7,14,17,21,27,30H,8-13H2,1H3,(H2,28,29,31). The first-order chi connectivity index (χ1) is 16.5. The number of methoxy groups -OCH3 is 1. The number of hydrogen-bond donors (Lipinski definition) is 4. The van der Waals surface area contributed by atoms with Crippen molar-refractivity contribution in [2.75, 3.05) is 13.7 Å². The molecule has 2 aromatic carbocycles. The Kier molecular flexibility index (Phi) is 8.92. The number of rotatable bonds is 9. The van der Waals surface area contributed by atoms with E-state index in [4.69, 9.17) is 16.3 Å². The van der Waals surface area contributed by atoms with Crippen molar-refractivity contribution in [1.82, 2.24) is 15.4 Å². The molecule has 1 unspecified atom stereocenters. The molecule has 1 aliphatic carbocycles. The monoisotopic (exact) mass is 531 g/mol. The van der Waals surface area contributed by atoms with Gasteiger partial charge in [0.15, 0.2) is 0 Å². The van der Waals surface area contributed by atoms with Crippen LogP contribution in [-0.4, -0.2) is 45.2 Å². The minimum atomic E-state index is -4.12. The Morgan fingerprint density at radius 1 is 1.20 bits per heavy atom. The van der Waals surface area contributed by atoms with Crippen molar-refractivity contribution in [2.45, 2.75) is 55.2 Å². The highest BCUT2D eigenvalue weighted by molar-refractivity contribution is 7.90. The zero-order valence-electron chi connectivity index (χ0n) is 19.1. The molecule has 0 bridgehead atoms. The van der Waals surface area contributed by atoms with E-state index in [1.54, 1.807) is 30.3 Å². The van der Waals surface area contributed by atoms with Gasteiger partial charge in [-0.15, -0.1) is 0 Å². The van der Waals surface area contributed by atoms with Gasteiger partial charge < -0.3 is 15.2 Å². The Morgan fingerprint density at radius 3 is 2.49 bits per heavy atom. The van der Waals surface area contributed by atoms with Gasteiger partial charge in [-0.3, -0.25) is 5.32 Å². The first-order valence-corrected chi connectivity index (χ1v) is 12.9. The van der Waals surface area contributed by atoms with E-state index in [0.717, 1.165) is 5.56 Å². The van der Waals surface area contributed by atoms with Gasteiger partial charge in [-0.25, -0.2) is 26.7 Å². The number of alkyl halides is 2. The van der Waals surface area contributed by atoms with Gasteiger partial charge in [0.1, 0.15) is 12.0 Å². The van der Waals surface area contributed by atoms with Crippen molar-refractivity contribution in [1.29, 1.82) is 0 Å². The van der Waals surface area contributed by atoms with Crippen molar-refractivity contribution in [3.63, 3.8) is 0 Å². The number of amides is 2. The Labute approximate surface area is 208 Å². The molecule has 1 aliphatic rings. The quantitative estimate of drug-likeness (QED) is 0.366. The van der Waals surface area contributed by atoms with Crippen LogP contribution in [0.3, 0.4) is 0 Å². The maximum atomic E-state index is 13.2. The number of carbonyl (C=O) groups excluding carboxylic acids is 1. The second kappa shape index (κ2) is 11.5. The second-order valence-electron chi connectivity index (χ2n) is 8.35. The molecule has 0 aromatic heterocycles. The summed E-state index contributed by atoms with van der Waals surface area (Å²) < 4.78 is 58.6. The Bertz CT molecular complexity index is 1120. The lowest BCUT2D eigenvalue weighted by atomic mass is 9.92. The molecule has 0 spiro atoms. The summed E-state index contributed by atoms with van der Waals surface area (Å²) in [5, 5.41) is 16.3. The summed E-state index contributed by atoms with van der Waals surface area (Å²) in [6, 6.07) is 9.40. The minimum Gasteiger partial charge on any atom is -0.496 e. The highest BCUT2D eigenvalue weighted by Gasteiger charge is 2.35. The fourth-order valence-corrected chi connectivity index (χ4v) is 4.89. The molecule has 0 radical (unpaired) electrons. The van der Waals surface area contributed by atoms with Gasteiger partial charge in [0, 0.05) is 36.0 Å². The van der Waals surface area contributed by atoms with Crippen molar-refractivity contribution >= 4 is 27.7 Å². The fraction of sp³-hybridized carbons (Fsp3) is 0.435. The Morgan fingerprint density at radius 2 is 1.86 bits per heavy atom. The summed E-state index contributed by atoms with van der Waals surface area (Å²) in [4.78, 5) is 12.0. The third-order valence-electron chi connectivity index (χ3n) is 5.75. The Balaban J connectivity index is 1.50. The van der Waals surface area contributed by atoms with Crippen molar-refractivity contribution in [2.24, 2.45) is 0 Å². The Hall–Kier alpha value is -2.47.